The Kier molecular flexibility index (Phi) is 12.0. The van der Waals surface area contributed by atoms with Gasteiger partial charge in [0.15, 0.2) is 5.25 Å². The molecular formula is C20H30N4NaO9S2. The molecule has 3 heterocycles. The van der Waals surface area contributed by atoms with E-state index in [2.05, 4.69) is 20.8 Å². The summed E-state index contributed by atoms with van der Waals surface area (Å²) in [6.07, 6.45) is 3.76. The summed E-state index contributed by atoms with van der Waals surface area (Å²) in [4.78, 5) is 63.3. The van der Waals surface area contributed by atoms with Gasteiger partial charge in [-0.1, -0.05) is 12.8 Å². The van der Waals surface area contributed by atoms with Crippen molar-refractivity contribution in [1.82, 2.24) is 21.0 Å². The minimum absolute atomic E-state index is 0. The first-order valence-electron chi connectivity index (χ1n) is 11.6. The summed E-state index contributed by atoms with van der Waals surface area (Å²) in [5, 5.41) is 7.20. The molecule has 0 bridgehead atoms. The van der Waals surface area contributed by atoms with Crippen molar-refractivity contribution < 1.29 is 41.8 Å². The second kappa shape index (κ2) is 14.0. The Morgan fingerprint density at radius 1 is 1.08 bits per heavy atom. The summed E-state index contributed by atoms with van der Waals surface area (Å²) >= 11 is 1.85. The van der Waals surface area contributed by atoms with Crippen molar-refractivity contribution in [2.75, 3.05) is 12.3 Å². The van der Waals surface area contributed by atoms with E-state index < -0.39 is 39.6 Å². The molecule has 0 aromatic carbocycles. The van der Waals surface area contributed by atoms with Crippen LogP contribution >= 0.6 is 11.8 Å². The van der Waals surface area contributed by atoms with Gasteiger partial charge in [-0.05, 0) is 25.7 Å². The minimum atomic E-state index is -4.76. The van der Waals surface area contributed by atoms with Gasteiger partial charge in [0.1, 0.15) is 0 Å². The minimum Gasteiger partial charge on any atom is -0.356 e. The zero-order chi connectivity index (χ0) is 25.6. The van der Waals surface area contributed by atoms with Gasteiger partial charge in [0.2, 0.25) is 5.91 Å². The van der Waals surface area contributed by atoms with Gasteiger partial charge in [0.05, 0.1) is 18.5 Å². The Labute approximate surface area is 235 Å². The van der Waals surface area contributed by atoms with Crippen LogP contribution in [0.4, 0.5) is 4.79 Å². The van der Waals surface area contributed by atoms with Crippen LogP contribution in [0.15, 0.2) is 0 Å². The van der Waals surface area contributed by atoms with Crippen molar-refractivity contribution in [1.29, 1.82) is 0 Å². The number of carbonyl (C=O) groups is 5. The van der Waals surface area contributed by atoms with E-state index in [9.17, 15) is 32.4 Å². The number of carbonyl (C=O) groups excluding carboxylic acids is 5. The molecule has 4 atom stereocenters. The summed E-state index contributed by atoms with van der Waals surface area (Å²) in [5.41, 5.74) is 0. The molecule has 3 aliphatic rings. The Bertz CT molecular complexity index is 965. The molecular weight excluding hydrogens is 527 g/mol. The number of fused-ring (bicyclic) bond motifs is 1. The SMILES string of the molecule is O=C(CCCC[C@H]1SC[C@H]2NC(=O)N[C@@H]21)NCCCCCC(=O)ON1C(=O)C[C@H](S(=O)(=O)O)C1=O.[Na]. The zero-order valence-corrected chi connectivity index (χ0v) is 23.7. The van der Waals surface area contributed by atoms with E-state index in [1.54, 1.807) is 0 Å². The molecule has 0 unspecified atom stereocenters. The molecule has 0 aromatic rings. The van der Waals surface area contributed by atoms with Crippen molar-refractivity contribution in [3.8, 4) is 0 Å². The first kappa shape index (κ1) is 30.8. The Balaban J connectivity index is 0.00000456. The third kappa shape index (κ3) is 8.58. The van der Waals surface area contributed by atoms with E-state index in [-0.39, 0.29) is 65.1 Å². The van der Waals surface area contributed by atoms with Crippen LogP contribution in [-0.2, 0) is 34.1 Å². The monoisotopic (exact) mass is 557 g/mol. The molecule has 3 saturated heterocycles. The molecule has 0 spiro atoms. The zero-order valence-electron chi connectivity index (χ0n) is 20.1. The molecule has 0 aromatic heterocycles. The topological polar surface area (TPSA) is 188 Å². The van der Waals surface area contributed by atoms with Crippen LogP contribution in [-0.4, -0.2) is 112 Å². The molecule has 0 saturated carbocycles. The number of nitrogens with one attached hydrogen (secondary N) is 3. The predicted octanol–water partition coefficient (Wildman–Crippen LogP) is -0.518. The van der Waals surface area contributed by atoms with Crippen LogP contribution in [0.25, 0.3) is 0 Å². The van der Waals surface area contributed by atoms with Crippen LogP contribution in [0.2, 0.25) is 0 Å². The van der Waals surface area contributed by atoms with Crippen molar-refractivity contribution in [2.45, 2.75) is 80.4 Å². The van der Waals surface area contributed by atoms with E-state index >= 15 is 0 Å². The largest absolute Gasteiger partial charge is 0.356 e. The Morgan fingerprint density at radius 3 is 2.50 bits per heavy atom. The number of nitrogens with zero attached hydrogens (tertiary/aromatic N) is 1. The smallest absolute Gasteiger partial charge is 0.333 e. The molecule has 13 nitrogen and oxygen atoms in total. The quantitative estimate of drug-likeness (QED) is 0.0754. The fourth-order valence-corrected chi connectivity index (χ4v) is 6.47. The van der Waals surface area contributed by atoms with Crippen LogP contribution < -0.4 is 16.0 Å². The van der Waals surface area contributed by atoms with E-state index in [0.717, 1.165) is 25.0 Å². The number of hydrogen-bond donors (Lipinski definition) is 4. The molecule has 3 fully saturated rings. The molecule has 0 aliphatic carbocycles. The third-order valence-electron chi connectivity index (χ3n) is 6.08. The summed E-state index contributed by atoms with van der Waals surface area (Å²) in [6.45, 7) is 0.451. The van der Waals surface area contributed by atoms with Gasteiger partial charge < -0.3 is 20.8 Å². The summed E-state index contributed by atoms with van der Waals surface area (Å²) < 4.78 is 31.1. The molecule has 3 aliphatic heterocycles. The second-order valence-electron chi connectivity index (χ2n) is 8.73. The number of hydroxylamine groups is 2. The average Bonchev–Trinajstić information content (AvgIpc) is 3.41. The van der Waals surface area contributed by atoms with Gasteiger partial charge in [0.25, 0.3) is 21.9 Å². The number of amides is 5. The normalized spacial score (nSPS) is 25.1. The van der Waals surface area contributed by atoms with Crippen molar-refractivity contribution in [3.05, 3.63) is 0 Å². The molecule has 1 radical (unpaired) electrons. The number of thioether (sulfide) groups is 1. The fourth-order valence-electron chi connectivity index (χ4n) is 4.22. The Hall–Kier alpha value is -1.39. The average molecular weight is 558 g/mol. The standard InChI is InChI=1S/C20H30N4O9S2.Na/c25-15(7-4-3-6-13-18-12(11-34-13)22-20(29)23-18)21-9-5-1-2-8-17(27)33-24-16(26)10-14(19(24)28)35(30,31)32;/h12-14,18H,1-11H2,(H,21,25)(H2,22,23,29)(H,30,31,32);/t12-,13-,14+,18+;/m1./s1. The first-order valence-corrected chi connectivity index (χ1v) is 14.1. The van der Waals surface area contributed by atoms with Gasteiger partial charge >= 0.3 is 12.0 Å². The summed E-state index contributed by atoms with van der Waals surface area (Å²) in [7, 11) is -4.76. The molecule has 36 heavy (non-hydrogen) atoms. The molecule has 197 valence electrons. The maximum absolute atomic E-state index is 12.0. The number of urea groups is 1. The number of imide groups is 1. The van der Waals surface area contributed by atoms with Crippen molar-refractivity contribution in [2.24, 2.45) is 0 Å². The molecule has 3 rings (SSSR count). The van der Waals surface area contributed by atoms with Gasteiger partial charge in [-0.15, -0.1) is 5.06 Å². The number of rotatable bonds is 13. The second-order valence-corrected chi connectivity index (χ2v) is 11.6. The van der Waals surface area contributed by atoms with Crippen molar-refractivity contribution in [3.63, 3.8) is 0 Å². The number of hydrogen-bond acceptors (Lipinski definition) is 9. The van der Waals surface area contributed by atoms with Crippen LogP contribution in [0.1, 0.15) is 57.8 Å². The van der Waals surface area contributed by atoms with Gasteiger partial charge in [-0.2, -0.15) is 20.2 Å². The molecule has 4 N–H and O–H groups in total. The van der Waals surface area contributed by atoms with Gasteiger partial charge in [-0.3, -0.25) is 18.9 Å². The Morgan fingerprint density at radius 2 is 1.81 bits per heavy atom. The molecule has 5 amide bonds. The fraction of sp³-hybridized carbons (Fsp3) is 0.750. The maximum atomic E-state index is 12.0. The van der Waals surface area contributed by atoms with Crippen LogP contribution in [0.3, 0.4) is 0 Å². The van der Waals surface area contributed by atoms with Crippen LogP contribution in [0.5, 0.6) is 0 Å². The van der Waals surface area contributed by atoms with E-state index in [0.29, 0.717) is 37.5 Å². The maximum Gasteiger partial charge on any atom is 0.333 e. The number of unbranched alkanes of at least 4 members (excludes halogenated alkanes) is 3. The third-order valence-corrected chi connectivity index (χ3v) is 8.67. The van der Waals surface area contributed by atoms with E-state index in [1.165, 1.54) is 0 Å². The van der Waals surface area contributed by atoms with Crippen LogP contribution in [0, 0.1) is 0 Å². The molecule has 16 heteroatoms. The predicted molar refractivity (Wildman–Crippen MR) is 129 cm³/mol. The first-order chi connectivity index (χ1) is 16.6. The summed E-state index contributed by atoms with van der Waals surface area (Å²) in [6, 6.07) is 0.265. The van der Waals surface area contributed by atoms with Gasteiger partial charge in [0, 0.05) is 59.9 Å². The van der Waals surface area contributed by atoms with Crippen molar-refractivity contribution >= 4 is 81.2 Å². The van der Waals surface area contributed by atoms with E-state index in [1.807, 2.05) is 11.8 Å². The summed E-state index contributed by atoms with van der Waals surface area (Å²) in [5.74, 6) is -2.30. The van der Waals surface area contributed by atoms with E-state index in [4.69, 9.17) is 4.55 Å². The van der Waals surface area contributed by atoms with Gasteiger partial charge in [-0.25, -0.2) is 9.59 Å².